The molecule has 0 radical (unpaired) electrons. The molecule has 4 nitrogen and oxygen atoms in total. The van der Waals surface area contributed by atoms with E-state index in [2.05, 4.69) is 15.3 Å². The smallest absolute Gasteiger partial charge is 0.370 e. The van der Waals surface area contributed by atoms with Crippen LogP contribution in [0.2, 0.25) is 10.0 Å². The second-order valence-electron chi connectivity index (χ2n) is 2.86. The number of carbonyl (C=O) groups excluding carboxylic acids is 1. The fourth-order valence-corrected chi connectivity index (χ4v) is 1.47. The van der Waals surface area contributed by atoms with Gasteiger partial charge in [0.25, 0.3) is 0 Å². The summed E-state index contributed by atoms with van der Waals surface area (Å²) in [5.74, 6) is -0.702. The third-order valence-electron chi connectivity index (χ3n) is 1.65. The fourth-order valence-electron chi connectivity index (χ4n) is 0.926. The van der Waals surface area contributed by atoms with Crippen molar-refractivity contribution >= 4 is 51.6 Å². The maximum Gasteiger partial charge on any atom is 0.370 e. The van der Waals surface area contributed by atoms with Gasteiger partial charge in [-0.15, -0.1) is 0 Å². The Morgan fingerprint density at radius 2 is 2.18 bits per heavy atom. The highest BCUT2D eigenvalue weighted by molar-refractivity contribution is 6.82. The van der Waals surface area contributed by atoms with E-state index in [9.17, 15) is 4.79 Å². The van der Waals surface area contributed by atoms with E-state index < -0.39 is 5.97 Å². The Hall–Kier alpha value is -0.970. The second kappa shape index (κ2) is 6.69. The number of carbonyl (C=O) groups is 1. The zero-order valence-corrected chi connectivity index (χ0v) is 11.1. The molecule has 92 valence electrons. The molecule has 1 rings (SSSR count). The number of hydrogen-bond acceptors (Lipinski definition) is 4. The number of hydrogen-bond donors (Lipinski definition) is 1. The van der Waals surface area contributed by atoms with Crippen LogP contribution in [0.3, 0.4) is 0 Å². The summed E-state index contributed by atoms with van der Waals surface area (Å²) in [6.07, 6.45) is 0. The molecule has 0 amide bonds. The molecule has 0 saturated heterocycles. The van der Waals surface area contributed by atoms with Crippen LogP contribution in [-0.4, -0.2) is 17.7 Å². The van der Waals surface area contributed by atoms with Crippen molar-refractivity contribution in [2.75, 3.05) is 12.0 Å². The zero-order chi connectivity index (χ0) is 12.8. The lowest BCUT2D eigenvalue weighted by atomic mass is 10.3. The Kier molecular flexibility index (Phi) is 5.55. The minimum atomic E-state index is -0.702. The van der Waals surface area contributed by atoms with Gasteiger partial charge in [-0.3, -0.25) is 5.43 Å². The standard InChI is InChI=1S/C10H9Cl3N2O2/c1-2-17-10(16)9(13)15-14-8-4-3-6(11)5-7(8)12/h3-5,14H,2H2,1H3. The average Bonchev–Trinajstić information content (AvgIpc) is 2.27. The molecular formula is C10H9Cl3N2O2. The topological polar surface area (TPSA) is 50.7 Å². The zero-order valence-electron chi connectivity index (χ0n) is 8.84. The molecule has 17 heavy (non-hydrogen) atoms. The van der Waals surface area contributed by atoms with Gasteiger partial charge in [0.05, 0.1) is 17.3 Å². The van der Waals surface area contributed by atoms with Crippen LogP contribution in [-0.2, 0) is 9.53 Å². The highest BCUT2D eigenvalue weighted by atomic mass is 35.5. The first-order chi connectivity index (χ1) is 8.04. The molecule has 0 aromatic heterocycles. The normalized spacial score (nSPS) is 11.2. The summed E-state index contributed by atoms with van der Waals surface area (Å²) in [6.45, 7) is 1.90. The number of nitrogens with zero attached hydrogens (tertiary/aromatic N) is 1. The van der Waals surface area contributed by atoms with Crippen LogP contribution >= 0.6 is 34.8 Å². The Morgan fingerprint density at radius 1 is 1.47 bits per heavy atom. The van der Waals surface area contributed by atoms with Crippen molar-refractivity contribution in [3.63, 3.8) is 0 Å². The summed E-state index contributed by atoms with van der Waals surface area (Å²) in [7, 11) is 0. The Balaban J connectivity index is 2.72. The highest BCUT2D eigenvalue weighted by Crippen LogP contribution is 2.25. The predicted octanol–water partition coefficient (Wildman–Crippen LogP) is 3.52. The summed E-state index contributed by atoms with van der Waals surface area (Å²) >= 11 is 17.2. The van der Waals surface area contributed by atoms with E-state index in [4.69, 9.17) is 34.8 Å². The SMILES string of the molecule is CCOC(=O)C(Cl)=NNc1ccc(Cl)cc1Cl. The van der Waals surface area contributed by atoms with E-state index in [-0.39, 0.29) is 11.8 Å². The summed E-state index contributed by atoms with van der Waals surface area (Å²) in [5, 5.41) is 4.20. The van der Waals surface area contributed by atoms with E-state index in [1.54, 1.807) is 25.1 Å². The molecule has 0 atom stereocenters. The van der Waals surface area contributed by atoms with Crippen molar-refractivity contribution in [3.8, 4) is 0 Å². The first kappa shape index (κ1) is 14.1. The first-order valence-corrected chi connectivity index (χ1v) is 5.79. The molecule has 0 unspecified atom stereocenters. The van der Waals surface area contributed by atoms with E-state index in [0.717, 1.165) is 0 Å². The largest absolute Gasteiger partial charge is 0.461 e. The molecule has 0 heterocycles. The van der Waals surface area contributed by atoms with Crippen LogP contribution in [0.25, 0.3) is 0 Å². The third kappa shape index (κ3) is 4.42. The minimum Gasteiger partial charge on any atom is -0.461 e. The van der Waals surface area contributed by atoms with Crippen LogP contribution in [0, 0.1) is 0 Å². The molecule has 1 aromatic carbocycles. The Labute approximate surface area is 113 Å². The average molecular weight is 296 g/mol. The quantitative estimate of drug-likeness (QED) is 0.525. The second-order valence-corrected chi connectivity index (χ2v) is 4.06. The molecule has 0 bridgehead atoms. The maximum atomic E-state index is 11.1. The van der Waals surface area contributed by atoms with E-state index in [1.807, 2.05) is 0 Å². The molecular weight excluding hydrogens is 286 g/mol. The number of anilines is 1. The molecule has 1 aromatic rings. The van der Waals surface area contributed by atoms with Crippen molar-refractivity contribution in [2.24, 2.45) is 5.10 Å². The summed E-state index contributed by atoms with van der Waals surface area (Å²) in [5.41, 5.74) is 3.03. The van der Waals surface area contributed by atoms with Crippen molar-refractivity contribution in [1.82, 2.24) is 0 Å². The summed E-state index contributed by atoms with van der Waals surface area (Å²) in [6, 6.07) is 4.78. The Bertz CT molecular complexity index is 449. The lowest BCUT2D eigenvalue weighted by Crippen LogP contribution is -2.13. The van der Waals surface area contributed by atoms with Gasteiger partial charge in [0.2, 0.25) is 5.17 Å². The van der Waals surface area contributed by atoms with Crippen molar-refractivity contribution in [3.05, 3.63) is 28.2 Å². The molecule has 7 heteroatoms. The lowest BCUT2D eigenvalue weighted by Gasteiger charge is -2.04. The van der Waals surface area contributed by atoms with Crippen LogP contribution in [0.1, 0.15) is 6.92 Å². The fraction of sp³-hybridized carbons (Fsp3) is 0.200. The number of rotatable bonds is 4. The summed E-state index contributed by atoms with van der Waals surface area (Å²) in [4.78, 5) is 11.1. The summed E-state index contributed by atoms with van der Waals surface area (Å²) < 4.78 is 4.65. The third-order valence-corrected chi connectivity index (χ3v) is 2.44. The first-order valence-electron chi connectivity index (χ1n) is 4.66. The van der Waals surface area contributed by atoms with Gasteiger partial charge in [-0.1, -0.05) is 34.8 Å². The number of halogens is 3. The number of benzene rings is 1. The monoisotopic (exact) mass is 294 g/mol. The van der Waals surface area contributed by atoms with Gasteiger partial charge in [0.1, 0.15) is 0 Å². The van der Waals surface area contributed by atoms with Gasteiger partial charge in [-0.25, -0.2) is 4.79 Å². The molecule has 0 aliphatic heterocycles. The Morgan fingerprint density at radius 3 is 2.76 bits per heavy atom. The number of esters is 1. The number of hydrazone groups is 1. The molecule has 0 spiro atoms. The molecule has 0 aliphatic rings. The van der Waals surface area contributed by atoms with Crippen LogP contribution < -0.4 is 5.43 Å². The number of ether oxygens (including phenoxy) is 1. The number of nitrogens with one attached hydrogen (secondary N) is 1. The van der Waals surface area contributed by atoms with Gasteiger partial charge >= 0.3 is 5.97 Å². The molecule has 0 aliphatic carbocycles. The maximum absolute atomic E-state index is 11.1. The highest BCUT2D eigenvalue weighted by Gasteiger charge is 2.09. The van der Waals surface area contributed by atoms with Gasteiger partial charge in [0.15, 0.2) is 0 Å². The van der Waals surface area contributed by atoms with Gasteiger partial charge in [0, 0.05) is 5.02 Å². The van der Waals surface area contributed by atoms with Crippen molar-refractivity contribution in [2.45, 2.75) is 6.92 Å². The van der Waals surface area contributed by atoms with Crippen LogP contribution in [0.4, 0.5) is 5.69 Å². The predicted molar refractivity (Wildman–Crippen MR) is 70.0 cm³/mol. The van der Waals surface area contributed by atoms with E-state index in [1.165, 1.54) is 0 Å². The van der Waals surface area contributed by atoms with Crippen LogP contribution in [0.5, 0.6) is 0 Å². The molecule has 1 N–H and O–H groups in total. The lowest BCUT2D eigenvalue weighted by molar-refractivity contribution is -0.134. The van der Waals surface area contributed by atoms with Gasteiger partial charge in [-0.05, 0) is 25.1 Å². The molecule has 0 fully saturated rings. The van der Waals surface area contributed by atoms with Crippen molar-refractivity contribution in [1.29, 1.82) is 0 Å². The van der Waals surface area contributed by atoms with E-state index in [0.29, 0.717) is 15.7 Å². The minimum absolute atomic E-state index is 0.228. The van der Waals surface area contributed by atoms with E-state index >= 15 is 0 Å². The van der Waals surface area contributed by atoms with Crippen molar-refractivity contribution < 1.29 is 9.53 Å². The van der Waals surface area contributed by atoms with Crippen LogP contribution in [0.15, 0.2) is 23.3 Å². The molecule has 0 saturated carbocycles. The van der Waals surface area contributed by atoms with Gasteiger partial charge in [-0.2, -0.15) is 5.10 Å². The van der Waals surface area contributed by atoms with Gasteiger partial charge < -0.3 is 4.74 Å².